The van der Waals surface area contributed by atoms with Crippen LogP contribution in [0.15, 0.2) is 35.4 Å². The van der Waals surface area contributed by atoms with Gasteiger partial charge in [0.15, 0.2) is 23.0 Å². The minimum absolute atomic E-state index is 0.0248. The molecule has 26 heavy (non-hydrogen) atoms. The van der Waals surface area contributed by atoms with Gasteiger partial charge < -0.3 is 14.8 Å². The standard InChI is InChI=1S/C17H19N5O3S/c1-4-18-15(23)10-26-16-8-7-14-19-20-17(22(14)21-16)11-5-6-12(24-2)13(9-11)25-3/h5-9H,4,10H2,1-3H3,(H,18,23). The molecule has 0 fully saturated rings. The highest BCUT2D eigenvalue weighted by molar-refractivity contribution is 7.99. The van der Waals surface area contributed by atoms with Crippen molar-refractivity contribution in [2.75, 3.05) is 26.5 Å². The third-order valence-corrected chi connectivity index (χ3v) is 4.53. The van der Waals surface area contributed by atoms with Crippen molar-refractivity contribution in [2.24, 2.45) is 0 Å². The number of methoxy groups -OCH3 is 2. The molecule has 1 aromatic carbocycles. The van der Waals surface area contributed by atoms with Crippen molar-refractivity contribution in [3.63, 3.8) is 0 Å². The third kappa shape index (κ3) is 3.72. The quantitative estimate of drug-likeness (QED) is 0.634. The van der Waals surface area contributed by atoms with Crippen LogP contribution in [0.5, 0.6) is 11.5 Å². The molecular weight excluding hydrogens is 354 g/mol. The van der Waals surface area contributed by atoms with E-state index in [1.165, 1.54) is 11.8 Å². The summed E-state index contributed by atoms with van der Waals surface area (Å²) in [4.78, 5) is 11.6. The van der Waals surface area contributed by atoms with Crippen molar-refractivity contribution >= 4 is 23.3 Å². The summed E-state index contributed by atoms with van der Waals surface area (Å²) in [6, 6.07) is 9.15. The zero-order valence-corrected chi connectivity index (χ0v) is 15.5. The first-order valence-corrected chi connectivity index (χ1v) is 8.99. The predicted octanol–water partition coefficient (Wildman–Crippen LogP) is 2.04. The molecule has 0 saturated heterocycles. The molecule has 0 bridgehead atoms. The molecule has 9 heteroatoms. The average Bonchev–Trinajstić information content (AvgIpc) is 3.09. The van der Waals surface area contributed by atoms with E-state index in [-0.39, 0.29) is 5.91 Å². The van der Waals surface area contributed by atoms with Crippen LogP contribution in [0.25, 0.3) is 17.0 Å². The Morgan fingerprint density at radius 1 is 1.15 bits per heavy atom. The van der Waals surface area contributed by atoms with Gasteiger partial charge in [0, 0.05) is 12.1 Å². The fourth-order valence-corrected chi connectivity index (χ4v) is 3.08. The van der Waals surface area contributed by atoms with Crippen molar-refractivity contribution in [1.29, 1.82) is 0 Å². The summed E-state index contributed by atoms with van der Waals surface area (Å²) >= 11 is 1.36. The second-order valence-electron chi connectivity index (χ2n) is 5.28. The number of fused-ring (bicyclic) bond motifs is 1. The molecule has 8 nitrogen and oxygen atoms in total. The van der Waals surface area contributed by atoms with Gasteiger partial charge in [-0.25, -0.2) is 0 Å². The molecule has 1 N–H and O–H groups in total. The van der Waals surface area contributed by atoms with Crippen LogP contribution in [0.4, 0.5) is 0 Å². The lowest BCUT2D eigenvalue weighted by atomic mass is 10.2. The van der Waals surface area contributed by atoms with Gasteiger partial charge in [-0.3, -0.25) is 4.79 Å². The van der Waals surface area contributed by atoms with Crippen LogP contribution in [0.3, 0.4) is 0 Å². The Bertz CT molecular complexity index is 928. The highest BCUT2D eigenvalue weighted by Gasteiger charge is 2.13. The number of carbonyl (C=O) groups excluding carboxylic acids is 1. The van der Waals surface area contributed by atoms with E-state index in [0.29, 0.717) is 40.3 Å². The van der Waals surface area contributed by atoms with Crippen molar-refractivity contribution in [3.05, 3.63) is 30.3 Å². The first kappa shape index (κ1) is 18.0. The molecule has 0 aliphatic carbocycles. The van der Waals surface area contributed by atoms with Gasteiger partial charge in [-0.1, -0.05) is 11.8 Å². The lowest BCUT2D eigenvalue weighted by Gasteiger charge is -2.08. The number of amides is 1. The van der Waals surface area contributed by atoms with E-state index in [4.69, 9.17) is 9.47 Å². The van der Waals surface area contributed by atoms with Crippen LogP contribution in [-0.4, -0.2) is 52.2 Å². The Morgan fingerprint density at radius 2 is 1.96 bits per heavy atom. The van der Waals surface area contributed by atoms with Crippen LogP contribution in [0, 0.1) is 0 Å². The first-order valence-electron chi connectivity index (χ1n) is 8.00. The third-order valence-electron chi connectivity index (χ3n) is 3.61. The average molecular weight is 373 g/mol. The molecular formula is C17H19N5O3S. The van der Waals surface area contributed by atoms with E-state index >= 15 is 0 Å². The number of ether oxygens (including phenoxy) is 2. The number of nitrogens with one attached hydrogen (secondary N) is 1. The van der Waals surface area contributed by atoms with Gasteiger partial charge in [-0.05, 0) is 37.3 Å². The maximum Gasteiger partial charge on any atom is 0.230 e. The molecule has 3 rings (SSSR count). The largest absolute Gasteiger partial charge is 0.493 e. The molecule has 3 aromatic rings. The Morgan fingerprint density at radius 3 is 2.69 bits per heavy atom. The number of rotatable bonds is 7. The van der Waals surface area contributed by atoms with Crippen LogP contribution < -0.4 is 14.8 Å². The predicted molar refractivity (Wildman–Crippen MR) is 98.7 cm³/mol. The maximum atomic E-state index is 11.6. The minimum Gasteiger partial charge on any atom is -0.493 e. The first-order chi connectivity index (χ1) is 12.7. The summed E-state index contributed by atoms with van der Waals surface area (Å²) in [7, 11) is 3.17. The van der Waals surface area contributed by atoms with Gasteiger partial charge in [0.2, 0.25) is 5.91 Å². The molecule has 0 saturated carbocycles. The summed E-state index contributed by atoms with van der Waals surface area (Å²) in [5, 5.41) is 16.4. The number of nitrogens with zero attached hydrogens (tertiary/aromatic N) is 4. The number of hydrogen-bond acceptors (Lipinski definition) is 7. The van der Waals surface area contributed by atoms with Crippen LogP contribution in [0.1, 0.15) is 6.92 Å². The molecule has 136 valence electrons. The Labute approximate surface area is 154 Å². The number of hydrogen-bond donors (Lipinski definition) is 1. The summed E-state index contributed by atoms with van der Waals surface area (Å²) in [6.07, 6.45) is 0. The number of aromatic nitrogens is 4. The lowest BCUT2D eigenvalue weighted by molar-refractivity contribution is -0.118. The summed E-state index contributed by atoms with van der Waals surface area (Å²) in [6.45, 7) is 2.50. The summed E-state index contributed by atoms with van der Waals surface area (Å²) in [5.41, 5.74) is 1.42. The van der Waals surface area contributed by atoms with Crippen molar-refractivity contribution in [2.45, 2.75) is 11.9 Å². The second kappa shape index (κ2) is 8.05. The topological polar surface area (TPSA) is 90.6 Å². The molecule has 2 heterocycles. The van der Waals surface area contributed by atoms with Gasteiger partial charge in [0.05, 0.1) is 20.0 Å². The van der Waals surface area contributed by atoms with Gasteiger partial charge in [0.25, 0.3) is 0 Å². The van der Waals surface area contributed by atoms with E-state index in [9.17, 15) is 4.79 Å². The fraction of sp³-hybridized carbons (Fsp3) is 0.294. The highest BCUT2D eigenvalue weighted by atomic mass is 32.2. The van der Waals surface area contributed by atoms with Gasteiger partial charge in [0.1, 0.15) is 5.03 Å². The zero-order chi connectivity index (χ0) is 18.5. The molecule has 0 aliphatic rings. The van der Waals surface area contributed by atoms with E-state index in [0.717, 1.165) is 5.56 Å². The van der Waals surface area contributed by atoms with E-state index in [2.05, 4.69) is 20.6 Å². The number of thioether (sulfide) groups is 1. The van der Waals surface area contributed by atoms with Crippen molar-refractivity contribution in [3.8, 4) is 22.9 Å². The molecule has 0 unspecified atom stereocenters. The Kier molecular flexibility index (Phi) is 5.57. The van der Waals surface area contributed by atoms with E-state index in [1.807, 2.05) is 37.3 Å². The number of benzene rings is 1. The summed E-state index contributed by atoms with van der Waals surface area (Å²) < 4.78 is 12.3. The Balaban J connectivity index is 1.92. The van der Waals surface area contributed by atoms with Crippen LogP contribution in [0.2, 0.25) is 0 Å². The fourth-order valence-electron chi connectivity index (χ4n) is 2.39. The van der Waals surface area contributed by atoms with Gasteiger partial charge >= 0.3 is 0 Å². The van der Waals surface area contributed by atoms with Crippen LogP contribution >= 0.6 is 11.8 Å². The van der Waals surface area contributed by atoms with Gasteiger partial charge in [-0.2, -0.15) is 9.61 Å². The van der Waals surface area contributed by atoms with Crippen LogP contribution in [-0.2, 0) is 4.79 Å². The highest BCUT2D eigenvalue weighted by Crippen LogP contribution is 2.31. The molecule has 0 spiro atoms. The molecule has 0 atom stereocenters. The Hall–Kier alpha value is -2.81. The lowest BCUT2D eigenvalue weighted by Crippen LogP contribution is -2.24. The molecule has 0 aliphatic heterocycles. The monoisotopic (exact) mass is 373 g/mol. The second-order valence-corrected chi connectivity index (χ2v) is 6.27. The smallest absolute Gasteiger partial charge is 0.230 e. The molecule has 2 aromatic heterocycles. The number of carbonyl (C=O) groups is 1. The van der Waals surface area contributed by atoms with Crippen molar-refractivity contribution < 1.29 is 14.3 Å². The zero-order valence-electron chi connectivity index (χ0n) is 14.7. The minimum atomic E-state index is -0.0248. The van der Waals surface area contributed by atoms with E-state index < -0.39 is 0 Å². The summed E-state index contributed by atoms with van der Waals surface area (Å²) in [5.74, 6) is 2.10. The van der Waals surface area contributed by atoms with E-state index in [1.54, 1.807) is 18.7 Å². The maximum absolute atomic E-state index is 11.6. The van der Waals surface area contributed by atoms with Gasteiger partial charge in [-0.15, -0.1) is 10.2 Å². The SMILES string of the molecule is CCNC(=O)CSc1ccc2nnc(-c3ccc(OC)c(OC)c3)n2n1. The van der Waals surface area contributed by atoms with Crippen molar-refractivity contribution in [1.82, 2.24) is 25.1 Å². The molecule has 0 radical (unpaired) electrons. The molecule has 1 amide bonds. The normalized spacial score (nSPS) is 10.7.